The molecular formula is C16H25N5O3S. The molecule has 2 rings (SSSR count). The van der Waals surface area contributed by atoms with Gasteiger partial charge in [0.2, 0.25) is 0 Å². The lowest BCUT2D eigenvalue weighted by molar-refractivity contribution is 0.0959. The number of anilines is 1. The number of sulfone groups is 1. The van der Waals surface area contributed by atoms with Crippen molar-refractivity contribution in [1.29, 1.82) is 5.41 Å². The molecule has 8 nitrogen and oxygen atoms in total. The minimum atomic E-state index is -3.49. The number of piperidine rings is 1. The number of benzene rings is 1. The van der Waals surface area contributed by atoms with Crippen LogP contribution in [0.1, 0.15) is 23.2 Å². The third kappa shape index (κ3) is 4.93. The van der Waals surface area contributed by atoms with Crippen molar-refractivity contribution in [1.82, 2.24) is 10.6 Å². The monoisotopic (exact) mass is 367 g/mol. The SMILES string of the molecule is CNC1CCN(c2ccc(C(=O)NCC(=N)N)cc2S(C)(=O)=O)CC1. The second-order valence-electron chi connectivity index (χ2n) is 6.21. The lowest BCUT2D eigenvalue weighted by atomic mass is 10.0. The van der Waals surface area contributed by atoms with E-state index in [1.807, 2.05) is 11.9 Å². The summed E-state index contributed by atoms with van der Waals surface area (Å²) in [6, 6.07) is 5.11. The maximum atomic E-state index is 12.2. The van der Waals surface area contributed by atoms with Gasteiger partial charge in [-0.2, -0.15) is 0 Å². The molecule has 9 heteroatoms. The average Bonchev–Trinajstić information content (AvgIpc) is 2.58. The fourth-order valence-corrected chi connectivity index (χ4v) is 3.82. The Kier molecular flexibility index (Phi) is 6.02. The minimum Gasteiger partial charge on any atom is -0.386 e. The number of amides is 1. The number of nitrogens with two attached hydrogens (primary N) is 1. The Bertz CT molecular complexity index is 755. The molecule has 5 N–H and O–H groups in total. The first-order chi connectivity index (χ1) is 11.7. The van der Waals surface area contributed by atoms with Gasteiger partial charge in [0, 0.05) is 31.0 Å². The first-order valence-electron chi connectivity index (χ1n) is 8.09. The van der Waals surface area contributed by atoms with Gasteiger partial charge in [-0.1, -0.05) is 0 Å². The fraction of sp³-hybridized carbons (Fsp3) is 0.500. The second-order valence-corrected chi connectivity index (χ2v) is 8.20. The molecule has 0 atom stereocenters. The minimum absolute atomic E-state index is 0.0771. The summed E-state index contributed by atoms with van der Waals surface area (Å²) in [6.07, 6.45) is 3.00. The molecule has 0 radical (unpaired) electrons. The van der Waals surface area contributed by atoms with Gasteiger partial charge in [0.15, 0.2) is 9.84 Å². The summed E-state index contributed by atoms with van der Waals surface area (Å²) in [4.78, 5) is 14.3. The molecule has 1 aromatic carbocycles. The van der Waals surface area contributed by atoms with E-state index in [0.29, 0.717) is 11.7 Å². The van der Waals surface area contributed by atoms with Crippen molar-refractivity contribution < 1.29 is 13.2 Å². The van der Waals surface area contributed by atoms with E-state index in [9.17, 15) is 13.2 Å². The summed E-state index contributed by atoms with van der Waals surface area (Å²) < 4.78 is 24.5. The topological polar surface area (TPSA) is 128 Å². The van der Waals surface area contributed by atoms with Crippen molar-refractivity contribution in [3.05, 3.63) is 23.8 Å². The quantitative estimate of drug-likeness (QED) is 0.412. The van der Waals surface area contributed by atoms with Gasteiger partial charge in [0.25, 0.3) is 5.91 Å². The smallest absolute Gasteiger partial charge is 0.251 e. The summed E-state index contributed by atoms with van der Waals surface area (Å²) in [6.45, 7) is 1.43. The van der Waals surface area contributed by atoms with E-state index < -0.39 is 15.7 Å². The van der Waals surface area contributed by atoms with Gasteiger partial charge in [0.05, 0.1) is 17.1 Å². The fourth-order valence-electron chi connectivity index (χ4n) is 2.90. The van der Waals surface area contributed by atoms with Crippen molar-refractivity contribution >= 4 is 27.3 Å². The predicted molar refractivity (Wildman–Crippen MR) is 98.1 cm³/mol. The molecule has 1 saturated heterocycles. The molecule has 0 unspecified atom stereocenters. The maximum Gasteiger partial charge on any atom is 0.251 e. The molecule has 0 spiro atoms. The molecule has 1 aromatic rings. The van der Waals surface area contributed by atoms with Crippen LogP contribution in [0, 0.1) is 5.41 Å². The van der Waals surface area contributed by atoms with E-state index in [1.54, 1.807) is 12.1 Å². The number of carbonyl (C=O) groups excluding carboxylic acids is 1. The first kappa shape index (κ1) is 19.2. The normalized spacial score (nSPS) is 15.8. The van der Waals surface area contributed by atoms with E-state index in [-0.39, 0.29) is 22.8 Å². The Hall–Kier alpha value is -2.13. The molecule has 0 bridgehead atoms. The molecule has 25 heavy (non-hydrogen) atoms. The van der Waals surface area contributed by atoms with Crippen LogP contribution in [0.15, 0.2) is 23.1 Å². The zero-order valence-corrected chi connectivity index (χ0v) is 15.3. The second kappa shape index (κ2) is 7.83. The van der Waals surface area contributed by atoms with Crippen LogP contribution in [0.4, 0.5) is 5.69 Å². The molecule has 1 amide bonds. The van der Waals surface area contributed by atoms with Gasteiger partial charge in [-0.15, -0.1) is 0 Å². The summed E-state index contributed by atoms with van der Waals surface area (Å²) in [5.74, 6) is -0.624. The van der Waals surface area contributed by atoms with Crippen LogP contribution >= 0.6 is 0 Å². The van der Waals surface area contributed by atoms with Crippen LogP contribution in [-0.4, -0.2) is 59.1 Å². The standard InChI is InChI=1S/C16H25N5O3S/c1-19-12-5-7-21(8-6-12)13-4-3-11(9-14(13)25(2,23)24)16(22)20-10-15(17)18/h3-4,9,12,19H,5-8,10H2,1-2H3,(H3,17,18)(H,20,22). The van der Waals surface area contributed by atoms with E-state index in [4.69, 9.17) is 11.1 Å². The largest absolute Gasteiger partial charge is 0.386 e. The molecule has 1 heterocycles. The van der Waals surface area contributed by atoms with Crippen molar-refractivity contribution in [2.45, 2.75) is 23.8 Å². The summed E-state index contributed by atoms with van der Waals surface area (Å²) in [5, 5.41) is 12.9. The third-order valence-corrected chi connectivity index (χ3v) is 5.43. The number of carbonyl (C=O) groups is 1. The predicted octanol–water partition coefficient (Wildman–Crippen LogP) is -0.0559. The van der Waals surface area contributed by atoms with Crippen molar-refractivity contribution in [2.24, 2.45) is 5.73 Å². The van der Waals surface area contributed by atoms with Gasteiger partial charge in [-0.05, 0) is 38.1 Å². The van der Waals surface area contributed by atoms with Crippen molar-refractivity contribution in [2.75, 3.05) is 37.8 Å². The van der Waals surface area contributed by atoms with Crippen LogP contribution in [0.3, 0.4) is 0 Å². The number of hydrogen-bond acceptors (Lipinski definition) is 6. The van der Waals surface area contributed by atoms with E-state index in [1.165, 1.54) is 6.07 Å². The Labute approximate surface area is 148 Å². The highest BCUT2D eigenvalue weighted by atomic mass is 32.2. The number of nitrogens with one attached hydrogen (secondary N) is 3. The maximum absolute atomic E-state index is 12.2. The van der Waals surface area contributed by atoms with Crippen LogP contribution in [-0.2, 0) is 9.84 Å². The van der Waals surface area contributed by atoms with Crippen molar-refractivity contribution in [3.8, 4) is 0 Å². The Morgan fingerprint density at radius 1 is 1.36 bits per heavy atom. The molecule has 1 aliphatic rings. The van der Waals surface area contributed by atoms with Gasteiger partial charge in [-0.25, -0.2) is 8.42 Å². The van der Waals surface area contributed by atoms with Gasteiger partial charge in [0.1, 0.15) is 5.84 Å². The highest BCUT2D eigenvalue weighted by Crippen LogP contribution is 2.29. The van der Waals surface area contributed by atoms with Gasteiger partial charge in [-0.3, -0.25) is 10.2 Å². The Balaban J connectivity index is 2.29. The van der Waals surface area contributed by atoms with Gasteiger partial charge < -0.3 is 21.3 Å². The molecule has 0 aliphatic carbocycles. The molecule has 0 saturated carbocycles. The lowest BCUT2D eigenvalue weighted by Crippen LogP contribution is -2.41. The Morgan fingerprint density at radius 3 is 2.52 bits per heavy atom. The molecule has 0 aromatic heterocycles. The van der Waals surface area contributed by atoms with Crippen LogP contribution in [0.25, 0.3) is 0 Å². The van der Waals surface area contributed by atoms with Crippen molar-refractivity contribution in [3.63, 3.8) is 0 Å². The highest BCUT2D eigenvalue weighted by molar-refractivity contribution is 7.90. The van der Waals surface area contributed by atoms with Gasteiger partial charge >= 0.3 is 0 Å². The third-order valence-electron chi connectivity index (χ3n) is 4.30. The first-order valence-corrected chi connectivity index (χ1v) is 9.99. The van der Waals surface area contributed by atoms with E-state index >= 15 is 0 Å². The molecule has 1 fully saturated rings. The van der Waals surface area contributed by atoms with Crippen LogP contribution < -0.4 is 21.3 Å². The zero-order valence-electron chi connectivity index (χ0n) is 14.5. The molecule has 138 valence electrons. The number of nitrogens with zero attached hydrogens (tertiary/aromatic N) is 1. The summed E-state index contributed by atoms with van der Waals surface area (Å²) in [7, 11) is -1.57. The number of amidine groups is 1. The number of rotatable bonds is 6. The summed E-state index contributed by atoms with van der Waals surface area (Å²) >= 11 is 0. The average molecular weight is 367 g/mol. The van der Waals surface area contributed by atoms with Crippen LogP contribution in [0.5, 0.6) is 0 Å². The van der Waals surface area contributed by atoms with E-state index in [0.717, 1.165) is 32.2 Å². The number of hydrogen-bond donors (Lipinski definition) is 4. The lowest BCUT2D eigenvalue weighted by Gasteiger charge is -2.34. The molecule has 1 aliphatic heterocycles. The molecular weight excluding hydrogens is 342 g/mol. The van der Waals surface area contributed by atoms with E-state index in [2.05, 4.69) is 10.6 Å². The Morgan fingerprint density at radius 2 is 2.00 bits per heavy atom. The summed E-state index contributed by atoms with van der Waals surface area (Å²) in [5.41, 5.74) is 6.08. The van der Waals surface area contributed by atoms with Crippen LogP contribution in [0.2, 0.25) is 0 Å². The highest BCUT2D eigenvalue weighted by Gasteiger charge is 2.24. The zero-order chi connectivity index (χ0) is 18.6.